The molecule has 1 N–H and O–H groups in total. The molecule has 0 radical (unpaired) electrons. The molecular weight excluding hydrogens is 394 g/mol. The highest BCUT2D eigenvalue weighted by atomic mass is 35.5. The van der Waals surface area contributed by atoms with E-state index in [2.05, 4.69) is 5.32 Å². The van der Waals surface area contributed by atoms with Crippen molar-refractivity contribution in [3.8, 4) is 0 Å². The Morgan fingerprint density at radius 3 is 2.24 bits per heavy atom. The third-order valence-electron chi connectivity index (χ3n) is 5.07. The lowest BCUT2D eigenvalue weighted by molar-refractivity contribution is -0.121. The number of imide groups is 1. The van der Waals surface area contributed by atoms with Crippen molar-refractivity contribution in [1.29, 1.82) is 0 Å². The van der Waals surface area contributed by atoms with Gasteiger partial charge in [-0.15, -0.1) is 0 Å². The second-order valence-electron chi connectivity index (χ2n) is 7.01. The largest absolute Gasteiger partial charge is 0.351 e. The van der Waals surface area contributed by atoms with E-state index in [1.807, 2.05) is 0 Å². The Labute approximate surface area is 172 Å². The summed E-state index contributed by atoms with van der Waals surface area (Å²) in [6, 6.07) is 13.2. The van der Waals surface area contributed by atoms with Crippen molar-refractivity contribution in [2.45, 2.75) is 18.9 Å². The fraction of sp³-hybridized carbons (Fsp3) is 0.238. The first-order chi connectivity index (χ1) is 13.9. The number of halogens is 1. The molecule has 0 aliphatic carbocycles. The highest BCUT2D eigenvalue weighted by molar-refractivity contribution is 6.30. The number of amides is 4. The number of carbonyl (C=O) groups excluding carboxylic acids is 4. The first-order valence-electron chi connectivity index (χ1n) is 9.24. The molecule has 8 heteroatoms. The molecule has 1 atom stereocenters. The van der Waals surface area contributed by atoms with Crippen molar-refractivity contribution in [1.82, 2.24) is 10.2 Å². The molecule has 7 nitrogen and oxygen atoms in total. The standard InChI is InChI=1S/C21H18ClN3O4/c22-13-5-7-15(8-6-13)25-12-14(11-19(25)27)23-18(26)9-10-24-20(28)16-3-1-2-4-17(16)21(24)29/h1-8,14H,9-12H2,(H,23,26)/t14-/m1/s1. The zero-order chi connectivity index (χ0) is 20.5. The minimum atomic E-state index is -0.386. The molecule has 148 valence electrons. The second kappa shape index (κ2) is 7.67. The summed E-state index contributed by atoms with van der Waals surface area (Å²) in [7, 11) is 0. The van der Waals surface area contributed by atoms with Crippen molar-refractivity contribution in [2.24, 2.45) is 0 Å². The molecule has 29 heavy (non-hydrogen) atoms. The Bertz CT molecular complexity index is 970. The maximum absolute atomic E-state index is 12.3. The number of anilines is 1. The van der Waals surface area contributed by atoms with Crippen molar-refractivity contribution >= 4 is 40.9 Å². The highest BCUT2D eigenvalue weighted by Gasteiger charge is 2.36. The molecule has 0 aromatic heterocycles. The quantitative estimate of drug-likeness (QED) is 0.764. The van der Waals surface area contributed by atoms with Crippen LogP contribution in [0.15, 0.2) is 48.5 Å². The van der Waals surface area contributed by atoms with Gasteiger partial charge in [0.2, 0.25) is 11.8 Å². The van der Waals surface area contributed by atoms with Crippen molar-refractivity contribution in [2.75, 3.05) is 18.0 Å². The predicted molar refractivity (Wildman–Crippen MR) is 107 cm³/mol. The summed E-state index contributed by atoms with van der Waals surface area (Å²) < 4.78 is 0. The summed E-state index contributed by atoms with van der Waals surface area (Å²) in [5.41, 5.74) is 1.44. The molecular formula is C21H18ClN3O4. The van der Waals surface area contributed by atoms with Gasteiger partial charge in [-0.25, -0.2) is 0 Å². The average Bonchev–Trinajstić information content (AvgIpc) is 3.19. The Kier molecular flexibility index (Phi) is 5.07. The lowest BCUT2D eigenvalue weighted by Gasteiger charge is -2.18. The number of carbonyl (C=O) groups is 4. The van der Waals surface area contributed by atoms with Crippen LogP contribution in [0, 0.1) is 0 Å². The van der Waals surface area contributed by atoms with E-state index in [9.17, 15) is 19.2 Å². The molecule has 2 aliphatic heterocycles. The van der Waals surface area contributed by atoms with E-state index in [-0.39, 0.29) is 49.1 Å². The van der Waals surface area contributed by atoms with Gasteiger partial charge in [-0.2, -0.15) is 0 Å². The number of fused-ring (bicyclic) bond motifs is 1. The number of nitrogens with zero attached hydrogens (tertiary/aromatic N) is 2. The molecule has 2 aromatic carbocycles. The van der Waals surface area contributed by atoms with Gasteiger partial charge in [-0.1, -0.05) is 23.7 Å². The molecule has 4 rings (SSSR count). The number of nitrogens with one attached hydrogen (secondary N) is 1. The summed E-state index contributed by atoms with van der Waals surface area (Å²) >= 11 is 5.88. The molecule has 0 unspecified atom stereocenters. The van der Waals surface area contributed by atoms with Crippen LogP contribution in [0.2, 0.25) is 5.02 Å². The summed E-state index contributed by atoms with van der Waals surface area (Å²) in [6.45, 7) is 0.360. The van der Waals surface area contributed by atoms with Gasteiger partial charge in [0.25, 0.3) is 11.8 Å². The number of hydrogen-bond donors (Lipinski definition) is 1. The summed E-state index contributed by atoms with van der Waals surface area (Å²) in [5, 5.41) is 3.40. The Morgan fingerprint density at radius 2 is 1.62 bits per heavy atom. The van der Waals surface area contributed by atoms with Gasteiger partial charge in [-0.05, 0) is 36.4 Å². The van der Waals surface area contributed by atoms with Crippen LogP contribution in [-0.4, -0.2) is 47.7 Å². The van der Waals surface area contributed by atoms with E-state index in [0.29, 0.717) is 22.7 Å². The lowest BCUT2D eigenvalue weighted by Crippen LogP contribution is -2.39. The van der Waals surface area contributed by atoms with Gasteiger partial charge < -0.3 is 10.2 Å². The molecule has 2 aliphatic rings. The van der Waals surface area contributed by atoms with Gasteiger partial charge in [-0.3, -0.25) is 24.1 Å². The Morgan fingerprint density at radius 1 is 1.00 bits per heavy atom. The zero-order valence-electron chi connectivity index (χ0n) is 15.4. The minimum Gasteiger partial charge on any atom is -0.351 e. The third-order valence-corrected chi connectivity index (χ3v) is 5.32. The molecule has 0 spiro atoms. The number of rotatable bonds is 5. The fourth-order valence-corrected chi connectivity index (χ4v) is 3.76. The normalized spacial score (nSPS) is 18.4. The van der Waals surface area contributed by atoms with Crippen LogP contribution in [0.3, 0.4) is 0 Å². The topological polar surface area (TPSA) is 86.8 Å². The summed E-state index contributed by atoms with van der Waals surface area (Å²) in [6.07, 6.45) is 0.179. The Hall–Kier alpha value is -3.19. The molecule has 1 saturated heterocycles. The van der Waals surface area contributed by atoms with Gasteiger partial charge in [0, 0.05) is 36.6 Å². The molecule has 0 bridgehead atoms. The van der Waals surface area contributed by atoms with Crippen LogP contribution in [0.25, 0.3) is 0 Å². The fourth-order valence-electron chi connectivity index (χ4n) is 3.63. The van der Waals surface area contributed by atoms with Crippen LogP contribution >= 0.6 is 11.6 Å². The van der Waals surface area contributed by atoms with Gasteiger partial charge in [0.15, 0.2) is 0 Å². The highest BCUT2D eigenvalue weighted by Crippen LogP contribution is 2.24. The molecule has 2 heterocycles. The van der Waals surface area contributed by atoms with Crippen LogP contribution in [0.4, 0.5) is 5.69 Å². The molecule has 0 saturated carbocycles. The lowest BCUT2D eigenvalue weighted by atomic mass is 10.1. The van der Waals surface area contributed by atoms with Gasteiger partial charge in [0.05, 0.1) is 17.2 Å². The first kappa shape index (κ1) is 19.1. The Balaban J connectivity index is 1.32. The average molecular weight is 412 g/mol. The zero-order valence-corrected chi connectivity index (χ0v) is 16.2. The molecule has 2 aromatic rings. The van der Waals surface area contributed by atoms with Crippen molar-refractivity contribution in [3.05, 3.63) is 64.7 Å². The third kappa shape index (κ3) is 3.73. The van der Waals surface area contributed by atoms with E-state index < -0.39 is 0 Å². The van der Waals surface area contributed by atoms with Crippen LogP contribution in [-0.2, 0) is 9.59 Å². The van der Waals surface area contributed by atoms with E-state index >= 15 is 0 Å². The van der Waals surface area contributed by atoms with E-state index in [4.69, 9.17) is 11.6 Å². The van der Waals surface area contributed by atoms with E-state index in [1.54, 1.807) is 53.4 Å². The van der Waals surface area contributed by atoms with Crippen molar-refractivity contribution < 1.29 is 19.2 Å². The molecule has 4 amide bonds. The molecule has 1 fully saturated rings. The monoisotopic (exact) mass is 411 g/mol. The van der Waals surface area contributed by atoms with E-state index in [1.165, 1.54) is 0 Å². The maximum Gasteiger partial charge on any atom is 0.261 e. The van der Waals surface area contributed by atoms with Crippen LogP contribution in [0.1, 0.15) is 33.6 Å². The van der Waals surface area contributed by atoms with E-state index in [0.717, 1.165) is 10.6 Å². The predicted octanol–water partition coefficient (Wildman–Crippen LogP) is 2.25. The van der Waals surface area contributed by atoms with Gasteiger partial charge in [0.1, 0.15) is 0 Å². The smallest absolute Gasteiger partial charge is 0.261 e. The van der Waals surface area contributed by atoms with Gasteiger partial charge >= 0.3 is 0 Å². The van der Waals surface area contributed by atoms with Crippen LogP contribution < -0.4 is 10.2 Å². The second-order valence-corrected chi connectivity index (χ2v) is 7.44. The van der Waals surface area contributed by atoms with Crippen molar-refractivity contribution in [3.63, 3.8) is 0 Å². The summed E-state index contributed by atoms with van der Waals surface area (Å²) in [4.78, 5) is 52.0. The first-order valence-corrected chi connectivity index (χ1v) is 9.62. The number of benzene rings is 2. The maximum atomic E-state index is 12.3. The SMILES string of the molecule is O=C(CCN1C(=O)c2ccccc2C1=O)N[C@@H]1CC(=O)N(c2ccc(Cl)cc2)C1. The minimum absolute atomic E-state index is 0.000253. The summed E-state index contributed by atoms with van der Waals surface area (Å²) in [5.74, 6) is -1.16. The van der Waals surface area contributed by atoms with Crippen LogP contribution in [0.5, 0.6) is 0 Å². The number of hydrogen-bond acceptors (Lipinski definition) is 4.